The molecule has 0 saturated heterocycles. The number of hydrogen-bond donors (Lipinski definition) is 0. The molecule has 0 aliphatic heterocycles. The van der Waals surface area contributed by atoms with Crippen LogP contribution in [0.25, 0.3) is 33.6 Å². The van der Waals surface area contributed by atoms with Gasteiger partial charge in [-0.25, -0.2) is 9.78 Å². The molecule has 0 aliphatic carbocycles. The largest absolute Gasteiger partial charge is 0.462 e. The summed E-state index contributed by atoms with van der Waals surface area (Å²) in [5.41, 5.74) is 9.12. The summed E-state index contributed by atoms with van der Waals surface area (Å²) in [4.78, 5) is 24.2. The topological polar surface area (TPSA) is 48.9 Å². The Morgan fingerprint density at radius 3 is 1.50 bits per heavy atom. The molecule has 0 N–H and O–H groups in total. The van der Waals surface area contributed by atoms with Gasteiger partial charge in [-0.2, -0.15) is 0 Å². The van der Waals surface area contributed by atoms with Crippen molar-refractivity contribution < 1.29 is 9.53 Å². The molecule has 1 heterocycles. The average Bonchev–Trinajstić information content (AvgIpc) is 2.92. The number of carbonyl (C=O) groups excluding carboxylic acids is 1. The minimum atomic E-state index is -0.336. The highest BCUT2D eigenvalue weighted by molar-refractivity contribution is 5.99. The lowest BCUT2D eigenvalue weighted by Gasteiger charge is -2.18. The first kappa shape index (κ1) is 26.7. The number of nitrogens with zero attached hydrogens (tertiary/aromatic N) is 4. The summed E-state index contributed by atoms with van der Waals surface area (Å²) in [5.74, 6) is -0.336. The molecule has 0 amide bonds. The van der Waals surface area contributed by atoms with Crippen LogP contribution >= 0.6 is 0 Å². The smallest absolute Gasteiger partial charge is 0.338 e. The highest BCUT2D eigenvalue weighted by atomic mass is 16.5. The van der Waals surface area contributed by atoms with Gasteiger partial charge in [0.2, 0.25) is 0 Å². The molecule has 0 radical (unpaired) electrons. The zero-order valence-corrected chi connectivity index (χ0v) is 23.3. The third-order valence-electron chi connectivity index (χ3n) is 6.51. The summed E-state index contributed by atoms with van der Waals surface area (Å²) in [6.07, 6.45) is 0. The molecule has 6 heteroatoms. The van der Waals surface area contributed by atoms with Gasteiger partial charge < -0.3 is 19.4 Å². The van der Waals surface area contributed by atoms with Crippen LogP contribution in [-0.4, -0.2) is 59.8 Å². The molecule has 38 heavy (non-hydrogen) atoms. The second kappa shape index (κ2) is 11.4. The number of anilines is 3. The normalized spacial score (nSPS) is 10.7. The molecule has 1 aromatic heterocycles. The Morgan fingerprint density at radius 1 is 0.632 bits per heavy atom. The Balaban J connectivity index is 1.92. The maximum absolute atomic E-state index is 13.1. The van der Waals surface area contributed by atoms with Crippen LogP contribution in [0.1, 0.15) is 17.3 Å². The van der Waals surface area contributed by atoms with Crippen molar-refractivity contribution >= 4 is 23.0 Å². The summed E-state index contributed by atoms with van der Waals surface area (Å²) in [7, 11) is 12.0. The van der Waals surface area contributed by atoms with E-state index in [1.54, 1.807) is 0 Å². The summed E-state index contributed by atoms with van der Waals surface area (Å²) >= 11 is 0. The van der Waals surface area contributed by atoms with Gasteiger partial charge in [0.05, 0.1) is 23.6 Å². The molecule has 0 bridgehead atoms. The molecule has 3 aromatic carbocycles. The first-order valence-corrected chi connectivity index (χ1v) is 12.7. The number of aromatic nitrogens is 1. The zero-order chi connectivity index (χ0) is 27.4. The van der Waals surface area contributed by atoms with Gasteiger partial charge in [-0.15, -0.1) is 0 Å². The van der Waals surface area contributed by atoms with Gasteiger partial charge in [0.1, 0.15) is 0 Å². The number of pyridine rings is 1. The zero-order valence-electron chi connectivity index (χ0n) is 23.3. The van der Waals surface area contributed by atoms with Crippen LogP contribution in [0.15, 0.2) is 78.9 Å². The van der Waals surface area contributed by atoms with Crippen molar-refractivity contribution in [3.8, 4) is 33.6 Å². The molecule has 0 saturated carbocycles. The van der Waals surface area contributed by atoms with Gasteiger partial charge in [-0.3, -0.25) is 0 Å². The average molecular weight is 509 g/mol. The molecule has 196 valence electrons. The lowest BCUT2D eigenvalue weighted by molar-refractivity contribution is 0.0527. The maximum Gasteiger partial charge on any atom is 0.338 e. The fraction of sp³-hybridized carbons (Fsp3) is 0.250. The van der Waals surface area contributed by atoms with Gasteiger partial charge in [0.25, 0.3) is 0 Å². The van der Waals surface area contributed by atoms with Gasteiger partial charge in [0.15, 0.2) is 0 Å². The van der Waals surface area contributed by atoms with E-state index < -0.39 is 0 Å². The summed E-state index contributed by atoms with van der Waals surface area (Å²) in [5, 5.41) is 0. The van der Waals surface area contributed by atoms with Crippen molar-refractivity contribution in [2.75, 3.05) is 63.6 Å². The summed E-state index contributed by atoms with van der Waals surface area (Å²) in [6.45, 7) is 2.14. The molecule has 4 aromatic rings. The van der Waals surface area contributed by atoms with Crippen LogP contribution in [-0.2, 0) is 4.74 Å². The van der Waals surface area contributed by atoms with Crippen LogP contribution in [0.3, 0.4) is 0 Å². The van der Waals surface area contributed by atoms with Crippen LogP contribution in [0.5, 0.6) is 0 Å². The maximum atomic E-state index is 13.1. The fourth-order valence-corrected chi connectivity index (χ4v) is 4.28. The number of benzene rings is 3. The van der Waals surface area contributed by atoms with E-state index in [1.807, 2.05) is 72.3 Å². The van der Waals surface area contributed by atoms with Gasteiger partial charge in [-0.05, 0) is 66.6 Å². The second-order valence-electron chi connectivity index (χ2n) is 9.85. The van der Waals surface area contributed by atoms with Crippen molar-refractivity contribution in [1.82, 2.24) is 4.98 Å². The highest BCUT2D eigenvalue weighted by Gasteiger charge is 2.18. The Hall–Kier alpha value is -4.32. The van der Waals surface area contributed by atoms with Crippen molar-refractivity contribution in [2.45, 2.75) is 6.92 Å². The van der Waals surface area contributed by atoms with E-state index in [1.165, 1.54) is 0 Å². The van der Waals surface area contributed by atoms with E-state index in [9.17, 15) is 4.79 Å². The Kier molecular flexibility index (Phi) is 8.01. The number of esters is 1. The monoisotopic (exact) mass is 508 g/mol. The lowest BCUT2D eigenvalue weighted by atomic mass is 9.95. The van der Waals surface area contributed by atoms with Gasteiger partial charge in [0, 0.05) is 70.5 Å². The molecule has 0 spiro atoms. The first-order chi connectivity index (χ1) is 18.2. The van der Waals surface area contributed by atoms with E-state index in [0.717, 1.165) is 50.7 Å². The number of carbonyl (C=O) groups is 1. The van der Waals surface area contributed by atoms with Crippen LogP contribution < -0.4 is 14.7 Å². The molecule has 4 rings (SSSR count). The predicted molar refractivity (Wildman–Crippen MR) is 159 cm³/mol. The van der Waals surface area contributed by atoms with E-state index in [2.05, 4.69) is 70.5 Å². The Labute approximate surface area is 226 Å². The second-order valence-corrected chi connectivity index (χ2v) is 9.85. The minimum Gasteiger partial charge on any atom is -0.462 e. The number of ether oxygens (including phenoxy) is 1. The molecule has 6 nitrogen and oxygen atoms in total. The van der Waals surface area contributed by atoms with Crippen molar-refractivity contribution in [3.05, 3.63) is 84.4 Å². The molecular weight excluding hydrogens is 472 g/mol. The van der Waals surface area contributed by atoms with Crippen molar-refractivity contribution in [2.24, 2.45) is 0 Å². The van der Waals surface area contributed by atoms with Crippen LogP contribution in [0.4, 0.5) is 17.1 Å². The van der Waals surface area contributed by atoms with Crippen LogP contribution in [0.2, 0.25) is 0 Å². The molecular formula is C32H36N4O2. The van der Waals surface area contributed by atoms with E-state index in [0.29, 0.717) is 12.2 Å². The fourth-order valence-electron chi connectivity index (χ4n) is 4.28. The van der Waals surface area contributed by atoms with E-state index >= 15 is 0 Å². The minimum absolute atomic E-state index is 0.313. The molecule has 0 unspecified atom stereocenters. The standard InChI is InChI=1S/C32H36N4O2/c1-8-38-32(37)29-21-27(36(6)7)17-18-28(29)24-19-30(22-9-13-25(14-10-22)34(2)3)33-31(20-24)23-11-15-26(16-12-23)35(4)5/h9-21H,8H2,1-7H3. The number of hydrogen-bond acceptors (Lipinski definition) is 6. The SMILES string of the molecule is CCOC(=O)c1cc(N(C)C)ccc1-c1cc(-c2ccc(N(C)C)cc2)nc(-c2ccc(N(C)C)cc2)c1. The third-order valence-corrected chi connectivity index (χ3v) is 6.51. The van der Waals surface area contributed by atoms with E-state index in [-0.39, 0.29) is 5.97 Å². The highest BCUT2D eigenvalue weighted by Crippen LogP contribution is 2.34. The molecule has 0 fully saturated rings. The summed E-state index contributed by atoms with van der Waals surface area (Å²) < 4.78 is 5.44. The van der Waals surface area contributed by atoms with Crippen LogP contribution in [0, 0.1) is 0 Å². The van der Waals surface area contributed by atoms with Gasteiger partial charge >= 0.3 is 5.97 Å². The van der Waals surface area contributed by atoms with E-state index in [4.69, 9.17) is 9.72 Å². The third kappa shape index (κ3) is 5.80. The van der Waals surface area contributed by atoms with Crippen molar-refractivity contribution in [3.63, 3.8) is 0 Å². The lowest BCUT2D eigenvalue weighted by Crippen LogP contribution is -2.12. The van der Waals surface area contributed by atoms with Crippen molar-refractivity contribution in [1.29, 1.82) is 0 Å². The number of rotatable bonds is 8. The molecule has 0 atom stereocenters. The quantitative estimate of drug-likeness (QED) is 0.255. The first-order valence-electron chi connectivity index (χ1n) is 12.7. The Bertz CT molecular complexity index is 1340. The van der Waals surface area contributed by atoms with Gasteiger partial charge in [-0.1, -0.05) is 30.3 Å². The Morgan fingerprint density at radius 2 is 1.08 bits per heavy atom. The molecule has 0 aliphatic rings. The summed E-state index contributed by atoms with van der Waals surface area (Å²) in [6, 6.07) is 26.7. The predicted octanol–water partition coefficient (Wildman–Crippen LogP) is 6.46.